The quantitative estimate of drug-likeness (QED) is 0.456. The molecule has 1 rings (SSSR count). The van der Waals surface area contributed by atoms with Gasteiger partial charge in [-0.05, 0) is 30.3 Å². The van der Waals surface area contributed by atoms with Crippen LogP contribution in [0.1, 0.15) is 0 Å². The minimum absolute atomic E-state index is 1.32. The van der Waals surface area contributed by atoms with Crippen LogP contribution in [0.5, 0.6) is 0 Å². The van der Waals surface area contributed by atoms with Crippen LogP contribution in [0, 0.1) is 0 Å². The Morgan fingerprint density at radius 1 is 1.22 bits per heavy atom. The third-order valence-corrected chi connectivity index (χ3v) is 3.18. The second-order valence-corrected chi connectivity index (χ2v) is 9.54. The summed E-state index contributed by atoms with van der Waals surface area (Å²) in [6, 6.07) is 0. The van der Waals surface area contributed by atoms with Crippen molar-refractivity contribution in [1.29, 1.82) is 0 Å². The molecule has 0 spiro atoms. The number of rotatable bonds is 0. The highest BCUT2D eigenvalue weighted by Crippen LogP contribution is 2.48. The van der Waals surface area contributed by atoms with E-state index >= 15 is 0 Å². The van der Waals surface area contributed by atoms with E-state index in [1.54, 1.807) is 0 Å². The van der Waals surface area contributed by atoms with Gasteiger partial charge in [0.15, 0.2) is 0 Å². The van der Waals surface area contributed by atoms with Crippen LogP contribution in [0.3, 0.4) is 0 Å². The topological polar surface area (TPSA) is 12.4 Å². The van der Waals surface area contributed by atoms with Crippen molar-refractivity contribution in [1.82, 2.24) is 0 Å². The van der Waals surface area contributed by atoms with Crippen molar-refractivity contribution in [3.05, 3.63) is 11.5 Å². The predicted molar refractivity (Wildman–Crippen MR) is 49.1 cm³/mol. The number of aliphatic imine (C=N–C) groups is 1. The molecule has 0 aliphatic carbocycles. The highest BCUT2D eigenvalue weighted by Gasteiger charge is 2.10. The molecule has 1 aliphatic heterocycles. The largest absolute Gasteiger partial charge is 0.260 e. The molecule has 0 unspecified atom stereocenters. The maximum absolute atomic E-state index is 4.11. The van der Waals surface area contributed by atoms with Crippen molar-refractivity contribution in [2.75, 3.05) is 18.8 Å². The van der Waals surface area contributed by atoms with Crippen LogP contribution in [0.2, 0.25) is 0 Å². The lowest BCUT2D eigenvalue weighted by Gasteiger charge is -2.33. The van der Waals surface area contributed by atoms with Crippen LogP contribution in [0.4, 0.5) is 0 Å². The molecule has 0 amide bonds. The smallest absolute Gasteiger partial charge is 0.0387 e. The molecule has 0 atom stereocenters. The highest BCUT2D eigenvalue weighted by molar-refractivity contribution is 8.47. The van der Waals surface area contributed by atoms with E-state index < -0.39 is 8.75 Å². The standard InChI is InChI=1S/C7H13NS/c1-9(2,3)6-4-5-8-7-9/h4-7H,1-3H3. The number of hydrogen-bond donors (Lipinski definition) is 0. The van der Waals surface area contributed by atoms with Crippen molar-refractivity contribution in [3.63, 3.8) is 0 Å². The Balaban J connectivity index is 3.25. The first-order chi connectivity index (χ1) is 3.97. The second-order valence-electron chi connectivity index (χ2n) is 3.51. The average Bonchev–Trinajstić information content (AvgIpc) is 1.62. The molecule has 0 saturated carbocycles. The van der Waals surface area contributed by atoms with Crippen molar-refractivity contribution >= 4 is 20.5 Å². The summed E-state index contributed by atoms with van der Waals surface area (Å²) in [4.78, 5) is 4.11. The summed E-state index contributed by atoms with van der Waals surface area (Å²) in [5, 5.41) is 2.25. The molecule has 0 saturated heterocycles. The van der Waals surface area contributed by atoms with E-state index in [1.807, 2.05) is 12.3 Å². The van der Waals surface area contributed by atoms with Gasteiger partial charge in [-0.25, -0.2) is 8.75 Å². The zero-order chi connectivity index (χ0) is 6.98. The Labute approximate surface area is 56.4 Å². The maximum Gasteiger partial charge on any atom is 0.0387 e. The first kappa shape index (κ1) is 6.75. The highest BCUT2D eigenvalue weighted by atomic mass is 32.3. The Morgan fingerprint density at radius 2 is 1.89 bits per heavy atom. The Bertz CT molecular complexity index is 229. The fourth-order valence-corrected chi connectivity index (χ4v) is 1.86. The molecule has 2 heteroatoms. The lowest BCUT2D eigenvalue weighted by molar-refractivity contribution is 1.84. The first-order valence-corrected chi connectivity index (χ1v) is 6.27. The monoisotopic (exact) mass is 143 g/mol. The molecular formula is C7H13NS. The molecule has 1 heterocycles. The van der Waals surface area contributed by atoms with Crippen molar-refractivity contribution in [2.45, 2.75) is 0 Å². The van der Waals surface area contributed by atoms with Gasteiger partial charge in [-0.2, -0.15) is 0 Å². The van der Waals surface area contributed by atoms with Crippen molar-refractivity contribution < 1.29 is 0 Å². The third kappa shape index (κ3) is 1.79. The predicted octanol–water partition coefficient (Wildman–Crippen LogP) is 1.57. The lowest BCUT2D eigenvalue weighted by Crippen LogP contribution is -2.02. The molecule has 9 heavy (non-hydrogen) atoms. The van der Waals surface area contributed by atoms with Crippen LogP contribution < -0.4 is 0 Å². The molecule has 1 nitrogen and oxygen atoms in total. The average molecular weight is 143 g/mol. The lowest BCUT2D eigenvalue weighted by atomic mass is 10.7. The second kappa shape index (κ2) is 1.57. The molecule has 0 aromatic rings. The van der Waals surface area contributed by atoms with Crippen molar-refractivity contribution in [3.8, 4) is 0 Å². The maximum atomic E-state index is 4.11. The third-order valence-electron chi connectivity index (χ3n) is 1.18. The zero-order valence-electron chi connectivity index (χ0n) is 6.16. The summed E-state index contributed by atoms with van der Waals surface area (Å²) < 4.78 is 0. The van der Waals surface area contributed by atoms with E-state index in [1.165, 1.54) is 0 Å². The fraction of sp³-hybridized carbons (Fsp3) is 0.429. The van der Waals surface area contributed by atoms with Crippen LogP contribution >= 0.6 is 8.75 Å². The van der Waals surface area contributed by atoms with Gasteiger partial charge < -0.3 is 0 Å². The zero-order valence-corrected chi connectivity index (χ0v) is 6.98. The summed E-state index contributed by atoms with van der Waals surface area (Å²) in [7, 11) is -1.32. The normalized spacial score (nSPS) is 32.1. The van der Waals surface area contributed by atoms with Crippen molar-refractivity contribution in [2.24, 2.45) is 4.99 Å². The molecule has 1 aliphatic rings. The summed E-state index contributed by atoms with van der Waals surface area (Å²) in [5.74, 6) is 0. The van der Waals surface area contributed by atoms with E-state index in [-0.39, 0.29) is 0 Å². The summed E-state index contributed by atoms with van der Waals surface area (Å²) in [6.45, 7) is 0. The van der Waals surface area contributed by atoms with E-state index in [9.17, 15) is 0 Å². The van der Waals surface area contributed by atoms with E-state index in [0.717, 1.165) is 0 Å². The molecular weight excluding hydrogens is 130 g/mol. The summed E-state index contributed by atoms with van der Waals surface area (Å²) in [6.07, 6.45) is 10.6. The van der Waals surface area contributed by atoms with Gasteiger partial charge in [0.05, 0.1) is 0 Å². The molecule has 0 N–H and O–H groups in total. The number of nitrogens with zero attached hydrogens (tertiary/aromatic N) is 1. The van der Waals surface area contributed by atoms with Gasteiger partial charge in [-0.3, -0.25) is 4.99 Å². The van der Waals surface area contributed by atoms with Gasteiger partial charge in [0, 0.05) is 11.7 Å². The van der Waals surface area contributed by atoms with Gasteiger partial charge in [-0.15, -0.1) is 0 Å². The Hall–Kier alpha value is -0.370. The molecule has 52 valence electrons. The van der Waals surface area contributed by atoms with Gasteiger partial charge in [-0.1, -0.05) is 0 Å². The molecule has 0 aromatic heterocycles. The molecule has 0 fully saturated rings. The Kier molecular flexibility index (Phi) is 1.17. The Morgan fingerprint density at radius 3 is 2.11 bits per heavy atom. The van der Waals surface area contributed by atoms with Gasteiger partial charge in [0.1, 0.15) is 0 Å². The van der Waals surface area contributed by atoms with Crippen LogP contribution in [0.25, 0.3) is 0 Å². The minimum Gasteiger partial charge on any atom is -0.260 e. The molecule has 0 radical (unpaired) electrons. The van der Waals surface area contributed by atoms with Crippen LogP contribution in [-0.4, -0.2) is 30.5 Å². The van der Waals surface area contributed by atoms with E-state index in [4.69, 9.17) is 0 Å². The molecule has 0 bridgehead atoms. The van der Waals surface area contributed by atoms with Gasteiger partial charge in [0.25, 0.3) is 0 Å². The first-order valence-electron chi connectivity index (χ1n) is 2.88. The summed E-state index contributed by atoms with van der Waals surface area (Å²) >= 11 is 0. The number of hydrogen-bond acceptors (Lipinski definition) is 1. The van der Waals surface area contributed by atoms with Gasteiger partial charge in [0.2, 0.25) is 0 Å². The van der Waals surface area contributed by atoms with Crippen LogP contribution in [0.15, 0.2) is 16.5 Å². The number of allylic oxidation sites excluding steroid dienone is 1. The minimum atomic E-state index is -1.32. The summed E-state index contributed by atoms with van der Waals surface area (Å²) in [5.41, 5.74) is 2.07. The van der Waals surface area contributed by atoms with E-state index in [2.05, 4.69) is 34.7 Å². The fourth-order valence-electron chi connectivity index (χ4n) is 0.654. The van der Waals surface area contributed by atoms with Crippen LogP contribution in [-0.2, 0) is 0 Å². The van der Waals surface area contributed by atoms with Gasteiger partial charge >= 0.3 is 0 Å². The van der Waals surface area contributed by atoms with E-state index in [0.29, 0.717) is 0 Å². The SMILES string of the molecule is CS1(C)(C)=CN=CC=C1. The molecule has 0 aromatic carbocycles.